The maximum Gasteiger partial charge on any atom is 0.124 e. The summed E-state index contributed by atoms with van der Waals surface area (Å²) in [5.74, 6) is 5.39. The summed E-state index contributed by atoms with van der Waals surface area (Å²) in [6.45, 7) is 2.54. The van der Waals surface area contributed by atoms with Gasteiger partial charge in [0.1, 0.15) is 12.4 Å². The normalized spacial score (nSPS) is 19.4. The molecule has 3 nitrogen and oxygen atoms in total. The van der Waals surface area contributed by atoms with Gasteiger partial charge < -0.3 is 10.2 Å². The summed E-state index contributed by atoms with van der Waals surface area (Å²) in [6.07, 6.45) is 2.14. The fourth-order valence-corrected chi connectivity index (χ4v) is 2.62. The highest BCUT2D eigenvalue weighted by Gasteiger charge is 2.19. The Morgan fingerprint density at radius 1 is 1.35 bits per heavy atom. The Hall–Kier alpha value is -1.41. The Labute approximate surface area is 119 Å². The number of aliphatic hydroxyl groups excluding tert-OH is 2. The van der Waals surface area contributed by atoms with Crippen LogP contribution in [0.25, 0.3) is 0 Å². The van der Waals surface area contributed by atoms with E-state index in [9.17, 15) is 9.50 Å². The zero-order valence-corrected chi connectivity index (χ0v) is 11.5. The number of benzene rings is 1. The van der Waals surface area contributed by atoms with Crippen molar-refractivity contribution < 1.29 is 14.6 Å². The molecule has 1 fully saturated rings. The molecule has 1 heterocycles. The Morgan fingerprint density at radius 2 is 2.20 bits per heavy atom. The van der Waals surface area contributed by atoms with Gasteiger partial charge in [0.2, 0.25) is 0 Å². The first-order valence-corrected chi connectivity index (χ1v) is 6.94. The van der Waals surface area contributed by atoms with E-state index in [4.69, 9.17) is 5.11 Å². The van der Waals surface area contributed by atoms with Gasteiger partial charge in [0.25, 0.3) is 0 Å². The molecular weight excluding hydrogens is 257 g/mol. The number of aliphatic hydroxyl groups is 2. The molecule has 1 aromatic rings. The first-order chi connectivity index (χ1) is 9.72. The molecule has 0 aliphatic carbocycles. The standard InChI is InChI=1S/C16H20FNO2/c17-16-6-5-15(14(9-16)4-2-8-19)11-18-7-1-3-13(10-18)12-20/h5-6,9,13,19-20H,1,3,7-8,10-12H2. The molecule has 0 spiro atoms. The number of likely N-dealkylation sites (tertiary alicyclic amines) is 1. The molecule has 1 aliphatic rings. The van der Waals surface area contributed by atoms with Crippen molar-refractivity contribution in [1.82, 2.24) is 4.90 Å². The average molecular weight is 277 g/mol. The number of hydrogen-bond acceptors (Lipinski definition) is 3. The summed E-state index contributed by atoms with van der Waals surface area (Å²) in [5.41, 5.74) is 1.59. The van der Waals surface area contributed by atoms with Gasteiger partial charge in [-0.25, -0.2) is 4.39 Å². The molecule has 1 unspecified atom stereocenters. The lowest BCUT2D eigenvalue weighted by atomic mass is 9.98. The van der Waals surface area contributed by atoms with Crippen LogP contribution in [-0.2, 0) is 6.54 Å². The Balaban J connectivity index is 2.12. The Morgan fingerprint density at radius 3 is 2.95 bits per heavy atom. The quantitative estimate of drug-likeness (QED) is 0.820. The fraction of sp³-hybridized carbons (Fsp3) is 0.500. The maximum atomic E-state index is 13.3. The van der Waals surface area contributed by atoms with Crippen molar-refractivity contribution >= 4 is 0 Å². The van der Waals surface area contributed by atoms with Crippen LogP contribution in [0.4, 0.5) is 4.39 Å². The van der Waals surface area contributed by atoms with Crippen LogP contribution in [0.1, 0.15) is 24.0 Å². The number of halogens is 1. The van der Waals surface area contributed by atoms with Crippen LogP contribution >= 0.6 is 0 Å². The van der Waals surface area contributed by atoms with Gasteiger partial charge in [0.05, 0.1) is 0 Å². The number of hydrogen-bond donors (Lipinski definition) is 2. The maximum absolute atomic E-state index is 13.3. The van der Waals surface area contributed by atoms with Crippen molar-refractivity contribution in [3.8, 4) is 11.8 Å². The lowest BCUT2D eigenvalue weighted by Crippen LogP contribution is -2.36. The minimum Gasteiger partial charge on any atom is -0.396 e. The third-order valence-corrected chi connectivity index (χ3v) is 3.63. The second kappa shape index (κ2) is 7.39. The second-order valence-corrected chi connectivity index (χ2v) is 5.19. The molecule has 2 rings (SSSR count). The summed E-state index contributed by atoms with van der Waals surface area (Å²) >= 11 is 0. The Bertz CT molecular complexity index is 507. The Kier molecular flexibility index (Phi) is 5.54. The topological polar surface area (TPSA) is 43.7 Å². The molecule has 0 amide bonds. The molecule has 2 N–H and O–H groups in total. The lowest BCUT2D eigenvalue weighted by molar-refractivity contribution is 0.116. The van der Waals surface area contributed by atoms with Crippen molar-refractivity contribution in [3.05, 3.63) is 35.1 Å². The van der Waals surface area contributed by atoms with E-state index >= 15 is 0 Å². The van der Waals surface area contributed by atoms with E-state index < -0.39 is 0 Å². The molecule has 0 radical (unpaired) electrons. The summed E-state index contributed by atoms with van der Waals surface area (Å²) < 4.78 is 13.3. The SMILES string of the molecule is OCC#Cc1cc(F)ccc1CN1CCCC(CO)C1. The highest BCUT2D eigenvalue weighted by Crippen LogP contribution is 2.20. The highest BCUT2D eigenvalue weighted by atomic mass is 19.1. The zero-order valence-electron chi connectivity index (χ0n) is 11.5. The van der Waals surface area contributed by atoms with Crippen LogP contribution in [0.15, 0.2) is 18.2 Å². The van der Waals surface area contributed by atoms with Crippen LogP contribution in [-0.4, -0.2) is 41.4 Å². The van der Waals surface area contributed by atoms with Crippen molar-refractivity contribution in [2.24, 2.45) is 5.92 Å². The van der Waals surface area contributed by atoms with Gasteiger partial charge >= 0.3 is 0 Å². The third-order valence-electron chi connectivity index (χ3n) is 3.63. The molecule has 1 saturated heterocycles. The monoisotopic (exact) mass is 277 g/mol. The first-order valence-electron chi connectivity index (χ1n) is 6.94. The van der Waals surface area contributed by atoms with E-state index in [1.165, 1.54) is 12.1 Å². The van der Waals surface area contributed by atoms with Gasteiger partial charge in [-0.15, -0.1) is 0 Å². The molecule has 20 heavy (non-hydrogen) atoms. The summed E-state index contributed by atoms with van der Waals surface area (Å²) in [4.78, 5) is 2.27. The largest absolute Gasteiger partial charge is 0.396 e. The molecule has 0 saturated carbocycles. The molecule has 0 bridgehead atoms. The molecule has 108 valence electrons. The van der Waals surface area contributed by atoms with Crippen LogP contribution in [0.2, 0.25) is 0 Å². The smallest absolute Gasteiger partial charge is 0.124 e. The number of piperidine rings is 1. The van der Waals surface area contributed by atoms with Crippen molar-refractivity contribution in [2.75, 3.05) is 26.3 Å². The van der Waals surface area contributed by atoms with E-state index in [1.807, 2.05) is 0 Å². The summed E-state index contributed by atoms with van der Waals surface area (Å²) in [5, 5.41) is 18.0. The lowest BCUT2D eigenvalue weighted by Gasteiger charge is -2.32. The van der Waals surface area contributed by atoms with Crippen LogP contribution in [0.3, 0.4) is 0 Å². The number of nitrogens with zero attached hydrogens (tertiary/aromatic N) is 1. The van der Waals surface area contributed by atoms with E-state index in [0.29, 0.717) is 18.0 Å². The highest BCUT2D eigenvalue weighted by molar-refractivity contribution is 5.41. The van der Waals surface area contributed by atoms with E-state index in [1.54, 1.807) is 6.07 Å². The average Bonchev–Trinajstić information content (AvgIpc) is 2.47. The molecule has 1 aliphatic heterocycles. The van der Waals surface area contributed by atoms with Crippen LogP contribution < -0.4 is 0 Å². The summed E-state index contributed by atoms with van der Waals surface area (Å²) in [6, 6.07) is 4.59. The van der Waals surface area contributed by atoms with Crippen molar-refractivity contribution in [2.45, 2.75) is 19.4 Å². The van der Waals surface area contributed by atoms with Crippen LogP contribution in [0.5, 0.6) is 0 Å². The second-order valence-electron chi connectivity index (χ2n) is 5.19. The van der Waals surface area contributed by atoms with Gasteiger partial charge in [-0.1, -0.05) is 17.9 Å². The molecule has 4 heteroatoms. The number of rotatable bonds is 3. The fourth-order valence-electron chi connectivity index (χ4n) is 2.62. The minimum atomic E-state index is -0.317. The minimum absolute atomic E-state index is 0.219. The zero-order chi connectivity index (χ0) is 14.4. The molecule has 1 aromatic carbocycles. The predicted octanol–water partition coefficient (Wildman–Crippen LogP) is 1.37. The molecule has 1 atom stereocenters. The van der Waals surface area contributed by atoms with Gasteiger partial charge in [0, 0.05) is 25.3 Å². The molecular formula is C16H20FNO2. The van der Waals surface area contributed by atoms with Gasteiger partial charge in [0.15, 0.2) is 0 Å². The van der Waals surface area contributed by atoms with Gasteiger partial charge in [-0.2, -0.15) is 0 Å². The van der Waals surface area contributed by atoms with E-state index in [2.05, 4.69) is 16.7 Å². The van der Waals surface area contributed by atoms with Crippen molar-refractivity contribution in [1.29, 1.82) is 0 Å². The molecule has 0 aromatic heterocycles. The van der Waals surface area contributed by atoms with Crippen LogP contribution in [0, 0.1) is 23.6 Å². The third kappa shape index (κ3) is 4.04. The van der Waals surface area contributed by atoms with E-state index in [-0.39, 0.29) is 19.0 Å². The van der Waals surface area contributed by atoms with Gasteiger partial charge in [-0.05, 0) is 43.0 Å². The summed E-state index contributed by atoms with van der Waals surface area (Å²) in [7, 11) is 0. The van der Waals surface area contributed by atoms with Crippen molar-refractivity contribution in [3.63, 3.8) is 0 Å². The predicted molar refractivity (Wildman–Crippen MR) is 75.5 cm³/mol. The van der Waals surface area contributed by atoms with Gasteiger partial charge in [-0.3, -0.25) is 4.90 Å². The first kappa shape index (κ1) is 15.0. The van der Waals surface area contributed by atoms with E-state index in [0.717, 1.165) is 31.5 Å².